The van der Waals surface area contributed by atoms with Gasteiger partial charge in [0.25, 0.3) is 5.91 Å². The van der Waals surface area contributed by atoms with Crippen LogP contribution in [-0.4, -0.2) is 48.2 Å². The van der Waals surface area contributed by atoms with Gasteiger partial charge in [0.2, 0.25) is 0 Å². The molecular weight excluding hydrogens is 415 g/mol. The van der Waals surface area contributed by atoms with E-state index in [1.807, 2.05) is 26.0 Å². The Morgan fingerprint density at radius 1 is 1.45 bits per heavy atom. The van der Waals surface area contributed by atoms with Crippen molar-refractivity contribution in [2.24, 2.45) is 10.9 Å². The lowest BCUT2D eigenvalue weighted by Crippen LogP contribution is -2.25. The van der Waals surface area contributed by atoms with Crippen molar-refractivity contribution in [1.82, 2.24) is 4.98 Å². The van der Waals surface area contributed by atoms with Gasteiger partial charge in [-0.15, -0.1) is 11.8 Å². The maximum Gasteiger partial charge on any atom is 0.280 e. The summed E-state index contributed by atoms with van der Waals surface area (Å²) in [6, 6.07) is 7.35. The number of hydrogen-bond acceptors (Lipinski definition) is 8. The Bertz CT molecular complexity index is 793. The van der Waals surface area contributed by atoms with Gasteiger partial charge in [-0.25, -0.2) is 4.98 Å². The van der Waals surface area contributed by atoms with Crippen LogP contribution in [0.1, 0.15) is 25.8 Å². The number of aromatic nitrogens is 1. The second-order valence-electron chi connectivity index (χ2n) is 5.62. The summed E-state index contributed by atoms with van der Waals surface area (Å²) in [4.78, 5) is 23.0. The fourth-order valence-electron chi connectivity index (χ4n) is 2.30. The molecule has 0 radical (unpaired) electrons. The molecule has 0 saturated carbocycles. The van der Waals surface area contributed by atoms with E-state index in [0.717, 1.165) is 28.2 Å². The van der Waals surface area contributed by atoms with Crippen LogP contribution in [-0.2, 0) is 14.4 Å². The van der Waals surface area contributed by atoms with Crippen molar-refractivity contribution in [3.05, 3.63) is 41.2 Å². The van der Waals surface area contributed by atoms with Gasteiger partial charge >= 0.3 is 0 Å². The fraction of sp³-hybridized carbons (Fsp3) is 0.421. The number of anilines is 1. The van der Waals surface area contributed by atoms with E-state index in [1.165, 1.54) is 0 Å². The van der Waals surface area contributed by atoms with Gasteiger partial charge in [-0.1, -0.05) is 42.5 Å². The molecule has 158 valence electrons. The topological polar surface area (TPSA) is 98.8 Å². The number of thioether (sulfide) groups is 1. The van der Waals surface area contributed by atoms with Crippen molar-refractivity contribution in [3.63, 3.8) is 0 Å². The van der Waals surface area contributed by atoms with Gasteiger partial charge in [0.1, 0.15) is 0 Å². The molecule has 0 unspecified atom stereocenters. The summed E-state index contributed by atoms with van der Waals surface area (Å²) in [5.74, 6) is 0.284. The number of oxime groups is 1. The van der Waals surface area contributed by atoms with E-state index in [-0.39, 0.29) is 16.9 Å². The number of rotatable bonds is 8. The van der Waals surface area contributed by atoms with E-state index >= 15 is 0 Å². The third kappa shape index (κ3) is 7.39. The molecule has 7 nitrogen and oxygen atoms in total. The predicted molar refractivity (Wildman–Crippen MR) is 115 cm³/mol. The average Bonchev–Trinajstić information content (AvgIpc) is 3.41. The highest BCUT2D eigenvalue weighted by atomic mass is 32.2. The number of ether oxygens (including phenoxy) is 1. The zero-order valence-electron chi connectivity index (χ0n) is 16.4. The molecule has 0 spiro atoms. The molecule has 1 atom stereocenters. The van der Waals surface area contributed by atoms with Crippen LogP contribution in [0.25, 0.3) is 0 Å². The van der Waals surface area contributed by atoms with Crippen molar-refractivity contribution in [1.29, 1.82) is 0 Å². The molecule has 3 N–H and O–H groups in total. The number of hydrogen-bond donors (Lipinski definition) is 2. The standard InChI is InChI=1S/C17H19FN4O3S2.C2H6/c18-14-9-20-17(27-14)21-16(23)15(22-25-12-5-7-24-10-12)11-1-3-13(4-2-11)26-8-6-19;1-2/h1-4,9,12H,5-8,10,19H2,(H,20,21,23);1-2H3/b22-15+;/t12-;/m1./s1. The monoisotopic (exact) mass is 440 g/mol. The highest BCUT2D eigenvalue weighted by Gasteiger charge is 2.21. The average molecular weight is 441 g/mol. The summed E-state index contributed by atoms with van der Waals surface area (Å²) in [7, 11) is 0. The Morgan fingerprint density at radius 3 is 2.79 bits per heavy atom. The number of thiazole rings is 1. The van der Waals surface area contributed by atoms with Crippen molar-refractivity contribution >= 4 is 39.8 Å². The van der Waals surface area contributed by atoms with Gasteiger partial charge in [-0.05, 0) is 12.1 Å². The third-order valence-electron chi connectivity index (χ3n) is 3.61. The van der Waals surface area contributed by atoms with Crippen molar-refractivity contribution in [3.8, 4) is 0 Å². The fourth-order valence-corrected chi connectivity index (χ4v) is 3.52. The van der Waals surface area contributed by atoms with Crippen LogP contribution in [0.15, 0.2) is 40.5 Å². The number of nitrogens with one attached hydrogen (secondary N) is 1. The number of nitrogens with zero attached hydrogens (tertiary/aromatic N) is 2. The molecule has 2 aromatic rings. The molecule has 10 heteroatoms. The molecule has 29 heavy (non-hydrogen) atoms. The minimum Gasteiger partial charge on any atom is -0.389 e. The summed E-state index contributed by atoms with van der Waals surface area (Å²) in [6.45, 7) is 5.63. The molecule has 1 aromatic carbocycles. The molecule has 1 aromatic heterocycles. The summed E-state index contributed by atoms with van der Waals surface area (Å²) < 4.78 is 18.4. The van der Waals surface area contributed by atoms with Crippen LogP contribution in [0.2, 0.25) is 0 Å². The van der Waals surface area contributed by atoms with Crippen LogP contribution in [0.5, 0.6) is 0 Å². The quantitative estimate of drug-likeness (QED) is 0.370. The Labute approximate surface area is 177 Å². The molecule has 1 fully saturated rings. The summed E-state index contributed by atoms with van der Waals surface area (Å²) >= 11 is 2.37. The molecule has 0 bridgehead atoms. The van der Waals surface area contributed by atoms with Crippen LogP contribution in [0.3, 0.4) is 0 Å². The largest absolute Gasteiger partial charge is 0.389 e. The zero-order valence-corrected chi connectivity index (χ0v) is 18.0. The summed E-state index contributed by atoms with van der Waals surface area (Å²) in [6.07, 6.45) is 1.57. The molecule has 1 saturated heterocycles. The number of halogens is 1. The van der Waals surface area contributed by atoms with Gasteiger partial charge in [0.15, 0.2) is 22.1 Å². The Balaban J connectivity index is 0.00000145. The Hall–Kier alpha value is -2.01. The van der Waals surface area contributed by atoms with E-state index < -0.39 is 11.0 Å². The molecule has 1 amide bonds. The lowest BCUT2D eigenvalue weighted by atomic mass is 10.1. The second kappa shape index (κ2) is 12.5. The first-order chi connectivity index (χ1) is 14.2. The second-order valence-corrected chi connectivity index (χ2v) is 7.77. The first-order valence-electron chi connectivity index (χ1n) is 9.33. The van der Waals surface area contributed by atoms with Gasteiger partial charge in [-0.3, -0.25) is 10.1 Å². The maximum absolute atomic E-state index is 13.1. The van der Waals surface area contributed by atoms with Gasteiger partial charge in [-0.2, -0.15) is 4.39 Å². The van der Waals surface area contributed by atoms with E-state index in [2.05, 4.69) is 15.5 Å². The van der Waals surface area contributed by atoms with Crippen LogP contribution >= 0.6 is 23.1 Å². The highest BCUT2D eigenvalue weighted by Crippen LogP contribution is 2.20. The van der Waals surface area contributed by atoms with Crippen LogP contribution in [0.4, 0.5) is 9.52 Å². The van der Waals surface area contributed by atoms with Crippen molar-refractivity contribution < 1.29 is 18.8 Å². The number of benzene rings is 1. The first-order valence-corrected chi connectivity index (χ1v) is 11.1. The van der Waals surface area contributed by atoms with Crippen LogP contribution in [0, 0.1) is 5.13 Å². The lowest BCUT2D eigenvalue weighted by molar-refractivity contribution is -0.110. The minimum atomic E-state index is -0.523. The molecule has 2 heterocycles. The molecule has 3 rings (SSSR count). The van der Waals surface area contributed by atoms with Crippen LogP contribution < -0.4 is 11.1 Å². The zero-order chi connectivity index (χ0) is 21.1. The Morgan fingerprint density at radius 2 is 2.21 bits per heavy atom. The molecule has 0 aliphatic carbocycles. The van der Waals surface area contributed by atoms with Gasteiger partial charge < -0.3 is 15.3 Å². The Kier molecular flexibility index (Phi) is 10.1. The third-order valence-corrected chi connectivity index (χ3v) is 5.35. The van der Waals surface area contributed by atoms with Gasteiger partial charge in [0, 0.05) is 29.2 Å². The first kappa shape index (κ1) is 23.3. The number of carbonyl (C=O) groups is 1. The number of nitrogens with two attached hydrogens (primary N) is 1. The minimum absolute atomic E-state index is 0.0906. The smallest absolute Gasteiger partial charge is 0.280 e. The van der Waals surface area contributed by atoms with Crippen molar-refractivity contribution in [2.75, 3.05) is 30.8 Å². The summed E-state index contributed by atoms with van der Waals surface area (Å²) in [5.41, 5.74) is 6.19. The van der Waals surface area contributed by atoms with Crippen molar-refractivity contribution in [2.45, 2.75) is 31.3 Å². The molecule has 1 aliphatic heterocycles. The van der Waals surface area contributed by atoms with E-state index in [4.69, 9.17) is 15.3 Å². The maximum atomic E-state index is 13.1. The lowest BCUT2D eigenvalue weighted by Gasteiger charge is -2.10. The number of carbonyl (C=O) groups excluding carboxylic acids is 1. The normalized spacial score (nSPS) is 16.1. The van der Waals surface area contributed by atoms with Gasteiger partial charge in [0.05, 0.1) is 19.4 Å². The number of amides is 1. The predicted octanol–water partition coefficient (Wildman–Crippen LogP) is 3.51. The SMILES string of the molecule is CC.NCCSc1ccc(/C(=N\O[C@@H]2CCOC2)C(=O)Nc2ncc(F)s2)cc1. The van der Waals surface area contributed by atoms with E-state index in [0.29, 0.717) is 31.7 Å². The highest BCUT2D eigenvalue weighted by molar-refractivity contribution is 7.99. The van der Waals surface area contributed by atoms with E-state index in [1.54, 1.807) is 23.9 Å². The molecule has 1 aliphatic rings. The molecular formula is C19H25FN4O3S2. The van der Waals surface area contributed by atoms with E-state index in [9.17, 15) is 9.18 Å². The summed E-state index contributed by atoms with van der Waals surface area (Å²) in [5, 5.41) is 6.28.